The van der Waals surface area contributed by atoms with Gasteiger partial charge in [0.25, 0.3) is 0 Å². The van der Waals surface area contributed by atoms with E-state index >= 15 is 0 Å². The summed E-state index contributed by atoms with van der Waals surface area (Å²) < 4.78 is 5.18. The molecule has 7 heteroatoms. The number of benzene rings is 4. The van der Waals surface area contributed by atoms with Gasteiger partial charge in [0, 0.05) is 40.2 Å². The number of anilines is 1. The third kappa shape index (κ3) is 3.65. The van der Waals surface area contributed by atoms with Gasteiger partial charge in [-0.25, -0.2) is 0 Å². The number of carbonyl (C=O) groups excluding carboxylic acids is 4. The summed E-state index contributed by atoms with van der Waals surface area (Å²) in [7, 11) is 0. The molecule has 7 rings (SSSR count). The topological polar surface area (TPSA) is 80.8 Å². The predicted molar refractivity (Wildman–Crippen MR) is 159 cm³/mol. The maximum Gasteiger partial charge on any atom is 0.308 e. The highest BCUT2D eigenvalue weighted by atomic mass is 35.5. The molecule has 3 atom stereocenters. The van der Waals surface area contributed by atoms with Crippen molar-refractivity contribution in [2.75, 3.05) is 4.90 Å². The molecule has 3 aliphatic rings. The Bertz CT molecular complexity index is 1790. The molecule has 206 valence electrons. The van der Waals surface area contributed by atoms with Crippen LogP contribution in [0.4, 0.5) is 5.69 Å². The molecule has 2 heterocycles. The van der Waals surface area contributed by atoms with Gasteiger partial charge < -0.3 is 9.64 Å². The molecule has 1 fully saturated rings. The Kier molecular flexibility index (Phi) is 5.99. The standard InChI is InChI=1S/C35H24ClNO5/c1-20(38)42-25-17-12-23(13-18-25)32(39)31-30(22-10-15-24(36)16-11-22)35(33(40)26-7-3-4-8-27(26)34(35)41)29-19-14-21-6-2-5-9-28(21)37(29)31/h2-19,29-31H,1H3/t29-,30-,31+/m0/s1. The number of rotatable bonds is 4. The summed E-state index contributed by atoms with van der Waals surface area (Å²) in [5.74, 6) is -1.81. The van der Waals surface area contributed by atoms with Crippen LogP contribution in [0.5, 0.6) is 5.75 Å². The fourth-order valence-corrected chi connectivity index (χ4v) is 7.11. The number of hydrogen-bond donors (Lipinski definition) is 0. The lowest BCUT2D eigenvalue weighted by Gasteiger charge is -2.37. The van der Waals surface area contributed by atoms with Crippen LogP contribution >= 0.6 is 11.6 Å². The summed E-state index contributed by atoms with van der Waals surface area (Å²) in [4.78, 5) is 57.4. The van der Waals surface area contributed by atoms with E-state index in [9.17, 15) is 19.2 Å². The van der Waals surface area contributed by atoms with Crippen LogP contribution in [-0.2, 0) is 4.79 Å². The fraction of sp³-hybridized carbons (Fsp3) is 0.143. The summed E-state index contributed by atoms with van der Waals surface area (Å²) in [5, 5.41) is 0.505. The van der Waals surface area contributed by atoms with E-state index in [1.54, 1.807) is 72.8 Å². The number of ether oxygens (including phenoxy) is 1. The van der Waals surface area contributed by atoms with Crippen LogP contribution in [0.3, 0.4) is 0 Å². The Hall–Kier alpha value is -4.81. The first-order valence-electron chi connectivity index (χ1n) is 13.6. The van der Waals surface area contributed by atoms with Crippen LogP contribution < -0.4 is 9.64 Å². The zero-order valence-electron chi connectivity index (χ0n) is 22.5. The number of para-hydroxylation sites is 1. The first-order valence-corrected chi connectivity index (χ1v) is 14.0. The first-order chi connectivity index (χ1) is 20.3. The predicted octanol–water partition coefficient (Wildman–Crippen LogP) is 6.58. The van der Waals surface area contributed by atoms with Crippen LogP contribution in [0.2, 0.25) is 5.02 Å². The SMILES string of the molecule is CC(=O)Oc1ccc(C(=O)[C@H]2[C@H](c3ccc(Cl)cc3)C3(C(=O)c4ccccc4C3=O)[C@@H]3C=Cc4ccccc4N32)cc1. The van der Waals surface area contributed by atoms with Crippen LogP contribution in [-0.4, -0.2) is 35.4 Å². The van der Waals surface area contributed by atoms with Crippen molar-refractivity contribution in [3.63, 3.8) is 0 Å². The van der Waals surface area contributed by atoms with Gasteiger partial charge in [-0.2, -0.15) is 0 Å². The fourth-order valence-electron chi connectivity index (χ4n) is 6.98. The molecule has 1 aliphatic carbocycles. The van der Waals surface area contributed by atoms with Gasteiger partial charge in [-0.3, -0.25) is 19.2 Å². The molecule has 0 unspecified atom stereocenters. The van der Waals surface area contributed by atoms with E-state index in [1.807, 2.05) is 41.3 Å². The number of hydrogen-bond acceptors (Lipinski definition) is 6. The molecule has 42 heavy (non-hydrogen) atoms. The third-order valence-electron chi connectivity index (χ3n) is 8.61. The lowest BCUT2D eigenvalue weighted by Crippen LogP contribution is -2.48. The summed E-state index contributed by atoms with van der Waals surface area (Å²) in [6, 6.07) is 26.3. The molecule has 4 aromatic carbocycles. The average molecular weight is 574 g/mol. The lowest BCUT2D eigenvalue weighted by molar-refractivity contribution is -0.131. The Labute approximate surface area is 247 Å². The molecule has 1 saturated heterocycles. The normalized spacial score (nSPS) is 21.2. The number of halogens is 1. The summed E-state index contributed by atoms with van der Waals surface area (Å²) in [6.45, 7) is 1.31. The molecule has 2 aliphatic heterocycles. The van der Waals surface area contributed by atoms with Gasteiger partial charge in [0.2, 0.25) is 0 Å². The van der Waals surface area contributed by atoms with Crippen LogP contribution in [0.25, 0.3) is 6.08 Å². The molecule has 1 spiro atoms. The van der Waals surface area contributed by atoms with Crippen LogP contribution in [0, 0.1) is 5.41 Å². The molecule has 0 amide bonds. The second-order valence-corrected chi connectivity index (χ2v) is 11.2. The minimum Gasteiger partial charge on any atom is -0.427 e. The smallest absolute Gasteiger partial charge is 0.308 e. The van der Waals surface area contributed by atoms with E-state index in [4.69, 9.17) is 16.3 Å². The van der Waals surface area contributed by atoms with Gasteiger partial charge >= 0.3 is 5.97 Å². The number of ketones is 3. The van der Waals surface area contributed by atoms with Crippen molar-refractivity contribution >= 4 is 46.7 Å². The van der Waals surface area contributed by atoms with E-state index in [-0.39, 0.29) is 17.3 Å². The van der Waals surface area contributed by atoms with E-state index in [0.29, 0.717) is 33.0 Å². The van der Waals surface area contributed by atoms with Gasteiger partial charge in [0.1, 0.15) is 17.2 Å². The van der Waals surface area contributed by atoms with Crippen LogP contribution in [0.15, 0.2) is 103 Å². The number of Topliss-reactive ketones (excluding diaryl/α,β-unsaturated/α-hetero) is 3. The van der Waals surface area contributed by atoms with E-state index in [2.05, 4.69) is 0 Å². The number of nitrogens with zero attached hydrogens (tertiary/aromatic N) is 1. The molecule has 0 bridgehead atoms. The second-order valence-electron chi connectivity index (χ2n) is 10.8. The minimum absolute atomic E-state index is 0.257. The zero-order valence-corrected chi connectivity index (χ0v) is 23.2. The Morgan fingerprint density at radius 3 is 2.07 bits per heavy atom. The number of esters is 1. The average Bonchev–Trinajstić information content (AvgIpc) is 3.43. The van der Waals surface area contributed by atoms with Crippen LogP contribution in [0.1, 0.15) is 55.0 Å². The highest BCUT2D eigenvalue weighted by Crippen LogP contribution is 2.61. The minimum atomic E-state index is -1.58. The lowest BCUT2D eigenvalue weighted by atomic mass is 9.64. The van der Waals surface area contributed by atoms with Crippen molar-refractivity contribution in [2.24, 2.45) is 5.41 Å². The summed E-state index contributed by atoms with van der Waals surface area (Å²) >= 11 is 6.28. The van der Waals surface area contributed by atoms with Gasteiger partial charge in [-0.1, -0.05) is 78.4 Å². The molecule has 4 aromatic rings. The number of carbonyl (C=O) groups is 4. The van der Waals surface area contributed by atoms with Gasteiger partial charge in [0.05, 0.1) is 6.04 Å². The Morgan fingerprint density at radius 2 is 1.43 bits per heavy atom. The largest absolute Gasteiger partial charge is 0.427 e. The molecular formula is C35H24ClNO5. The molecule has 0 N–H and O–H groups in total. The monoisotopic (exact) mass is 573 g/mol. The van der Waals surface area contributed by atoms with Crippen molar-refractivity contribution in [1.29, 1.82) is 0 Å². The maximum absolute atomic E-state index is 14.7. The van der Waals surface area contributed by atoms with E-state index < -0.39 is 29.4 Å². The number of fused-ring (bicyclic) bond motifs is 5. The second kappa shape index (κ2) is 9.64. The molecular weight excluding hydrogens is 550 g/mol. The Morgan fingerprint density at radius 1 is 0.810 bits per heavy atom. The highest BCUT2D eigenvalue weighted by molar-refractivity contribution is 6.32. The van der Waals surface area contributed by atoms with E-state index in [1.165, 1.54) is 6.92 Å². The maximum atomic E-state index is 14.7. The zero-order chi connectivity index (χ0) is 29.2. The van der Waals surface area contributed by atoms with Crippen molar-refractivity contribution in [1.82, 2.24) is 0 Å². The van der Waals surface area contributed by atoms with Crippen molar-refractivity contribution in [3.05, 3.63) is 136 Å². The van der Waals surface area contributed by atoms with Gasteiger partial charge in [0.15, 0.2) is 17.3 Å². The van der Waals surface area contributed by atoms with Gasteiger partial charge in [-0.05, 0) is 53.6 Å². The van der Waals surface area contributed by atoms with Crippen molar-refractivity contribution in [3.8, 4) is 5.75 Å². The highest BCUT2D eigenvalue weighted by Gasteiger charge is 2.71. The van der Waals surface area contributed by atoms with Crippen molar-refractivity contribution < 1.29 is 23.9 Å². The quantitative estimate of drug-likeness (QED) is 0.119. The van der Waals surface area contributed by atoms with E-state index in [0.717, 1.165) is 11.3 Å². The first kappa shape index (κ1) is 26.1. The summed E-state index contributed by atoms with van der Waals surface area (Å²) in [5.41, 5.74) is 1.85. The molecule has 0 aromatic heterocycles. The Balaban J connectivity index is 1.48. The molecule has 0 radical (unpaired) electrons. The van der Waals surface area contributed by atoms with Crippen molar-refractivity contribution in [2.45, 2.75) is 24.9 Å². The third-order valence-corrected chi connectivity index (χ3v) is 8.86. The molecule has 0 saturated carbocycles. The molecule has 6 nitrogen and oxygen atoms in total. The van der Waals surface area contributed by atoms with Gasteiger partial charge in [-0.15, -0.1) is 0 Å². The summed E-state index contributed by atoms with van der Waals surface area (Å²) in [6.07, 6.45) is 3.82.